The quantitative estimate of drug-likeness (QED) is 0.0115. The van der Waals surface area contributed by atoms with Gasteiger partial charge in [0, 0.05) is 154 Å². The molecule has 4 fully saturated rings. The van der Waals surface area contributed by atoms with E-state index in [2.05, 4.69) is 51.5 Å². The highest BCUT2D eigenvalue weighted by Crippen LogP contribution is 2.33. The predicted octanol–water partition coefficient (Wildman–Crippen LogP) is 3.35. The molecule has 35 nitrogen and oxygen atoms in total. The number of fused-ring (bicyclic) bond motifs is 2. The number of Topliss-reactive ketones (excluding diaryl/α,β-unsaturated/α-hetero) is 5. The molecule has 3 aromatic heterocycles. The first-order valence-corrected chi connectivity index (χ1v) is 46.9. The molecule has 125 heavy (non-hydrogen) atoms. The zero-order valence-electron chi connectivity index (χ0n) is 72.4. The summed E-state index contributed by atoms with van der Waals surface area (Å²) in [5, 5.41) is 47.9. The number of benzene rings is 2. The number of hydrogen-bond acceptors (Lipinski definition) is 23. The van der Waals surface area contributed by atoms with Crippen LogP contribution < -0.4 is 43.8 Å². The Labute approximate surface area is 739 Å². The second kappa shape index (κ2) is 46.4. The van der Waals surface area contributed by atoms with E-state index in [-0.39, 0.29) is 127 Å². The number of aliphatic hydroxyl groups is 2. The number of thioether (sulfide) groups is 1. The van der Waals surface area contributed by atoms with E-state index in [1.807, 2.05) is 69.5 Å². The molecule has 0 radical (unpaired) electrons. The van der Waals surface area contributed by atoms with Crippen LogP contribution in [0.2, 0.25) is 0 Å². The first kappa shape index (κ1) is 98.8. The largest absolute Gasteiger partial charge is 0.480 e. The molecular weight excluding hydrogens is 1670 g/mol. The number of nitrogens with zero attached hydrogens (tertiary/aromatic N) is 6. The number of aliphatic hydroxyl groups excluding tert-OH is 2. The fourth-order valence-corrected chi connectivity index (χ4v) is 19.8. The van der Waals surface area contributed by atoms with Gasteiger partial charge in [0.25, 0.3) is 0 Å². The molecule has 4 saturated heterocycles. The number of aromatic nitrogens is 4. The molecule has 7 heterocycles. The minimum absolute atomic E-state index is 0.00553. The minimum Gasteiger partial charge on any atom is -0.480 e. The maximum absolute atomic E-state index is 15.3. The van der Waals surface area contributed by atoms with E-state index in [9.17, 15) is 63.3 Å². The average Bonchev–Trinajstić information content (AvgIpc) is 1.73. The summed E-state index contributed by atoms with van der Waals surface area (Å²) in [4.78, 5) is 238. The Kier molecular flexibility index (Phi) is 36.7. The molecule has 5 aromatic rings. The van der Waals surface area contributed by atoms with Crippen LogP contribution in [0.5, 0.6) is 0 Å². The first-order chi connectivity index (χ1) is 59.5. The molecule has 0 spiro atoms. The van der Waals surface area contributed by atoms with Crippen molar-refractivity contribution in [2.24, 2.45) is 57.2 Å². The highest BCUT2D eigenvalue weighted by molar-refractivity contribution is 8.76. The van der Waals surface area contributed by atoms with Gasteiger partial charge >= 0.3 is 5.97 Å². The van der Waals surface area contributed by atoms with E-state index in [4.69, 9.17) is 17.2 Å². The van der Waals surface area contributed by atoms with Crippen LogP contribution >= 0.6 is 33.3 Å². The third-order valence-corrected chi connectivity index (χ3v) is 27.0. The van der Waals surface area contributed by atoms with Gasteiger partial charge in [0.05, 0.1) is 61.0 Å². The number of carboxylic acids is 1. The van der Waals surface area contributed by atoms with E-state index in [1.54, 1.807) is 32.3 Å². The Morgan fingerprint density at radius 2 is 1.16 bits per heavy atom. The lowest BCUT2D eigenvalue weighted by Gasteiger charge is -2.33. The van der Waals surface area contributed by atoms with Crippen molar-refractivity contribution in [3.05, 3.63) is 90.3 Å². The number of aliphatic carboxylic acids is 1. The predicted molar refractivity (Wildman–Crippen MR) is 475 cm³/mol. The molecule has 0 saturated carbocycles. The Balaban J connectivity index is 0.878. The van der Waals surface area contributed by atoms with E-state index in [1.165, 1.54) is 79.3 Å². The lowest BCUT2D eigenvalue weighted by Crippen LogP contribution is -2.59. The van der Waals surface area contributed by atoms with Crippen molar-refractivity contribution in [2.75, 3.05) is 62.8 Å². The van der Waals surface area contributed by atoms with Crippen LogP contribution in [0.3, 0.4) is 0 Å². The van der Waals surface area contributed by atoms with Gasteiger partial charge in [0.1, 0.15) is 47.8 Å². The van der Waals surface area contributed by atoms with Crippen molar-refractivity contribution in [1.29, 1.82) is 0 Å². The topological polar surface area (TPSA) is 541 Å². The number of imidazole rings is 1. The smallest absolute Gasteiger partial charge is 0.326 e. The molecule has 9 amide bonds. The van der Waals surface area contributed by atoms with Crippen LogP contribution in [-0.4, -0.2) is 278 Å². The normalized spacial score (nSPS) is 19.3. The molecular formula is C87H123N17O18S3. The molecule has 0 aliphatic carbocycles. The number of guanidine groups is 1. The number of carbonyl (C=O) groups excluding carboxylic acids is 14. The Morgan fingerprint density at radius 1 is 0.608 bits per heavy atom. The molecule has 0 bridgehead atoms. The number of carbonyl (C=O) groups is 15. The van der Waals surface area contributed by atoms with Gasteiger partial charge in [-0.15, -0.1) is 0 Å². The van der Waals surface area contributed by atoms with Crippen LogP contribution in [0, 0.1) is 35.0 Å². The Bertz CT molecular complexity index is 4680. The van der Waals surface area contributed by atoms with Gasteiger partial charge in [-0.1, -0.05) is 92.6 Å². The first-order valence-electron chi connectivity index (χ1n) is 43.0. The second-order valence-corrected chi connectivity index (χ2v) is 38.0. The van der Waals surface area contributed by atoms with Crippen LogP contribution in [-0.2, 0) is 91.2 Å². The summed E-state index contributed by atoms with van der Waals surface area (Å²) in [6.45, 7) is 10.9. The number of aromatic amines is 3. The SMILES string of the molecule is CSCC[C@H](CC(=O)[C@@H]1CCCN1C(=O)[C@@H]1CCCN1C(=O)[C@H](CCCN=C(N)N)NC(=O)[C@@H](CC(=O)C(C(N)C(=O)[C@H](CSSCCC(=O)C(C)(C)C)NC(C)=O)[C@@H](C)O)Cc1cnc[nH]1)C(=O)N[C@@H](Cc1c[nH]c2ccccc12)C(=O)C[C@@H](CO)C(=O)N1CCC[C@H]1C(=O)N[C@H](C(=O)N[C@@H](Cc1c[nH]c2ccccc12)C(=O)N1CCC[C@H]1C(=O)O)C(C)C. The number of likely N-dealkylation sites (tertiary alicyclic amines) is 4. The van der Waals surface area contributed by atoms with Gasteiger partial charge in [-0.25, -0.2) is 9.78 Å². The molecule has 38 heteroatoms. The summed E-state index contributed by atoms with van der Waals surface area (Å²) in [6, 6.07) is 2.12. The summed E-state index contributed by atoms with van der Waals surface area (Å²) in [5.41, 5.74) is 20.6. The second-order valence-electron chi connectivity index (χ2n) is 34.4. The fourth-order valence-electron chi connectivity index (χ4n) is 17.1. The molecule has 17 N–H and O–H groups in total. The Morgan fingerprint density at radius 3 is 1.74 bits per heavy atom. The number of nitrogens with two attached hydrogens (primary N) is 3. The van der Waals surface area contributed by atoms with E-state index in [0.717, 1.165) is 21.8 Å². The molecule has 15 atom stereocenters. The van der Waals surface area contributed by atoms with Crippen molar-refractivity contribution in [2.45, 2.75) is 231 Å². The lowest BCUT2D eigenvalue weighted by molar-refractivity contribution is -0.149. The zero-order valence-corrected chi connectivity index (χ0v) is 74.8. The average molecular weight is 1790 g/mol. The van der Waals surface area contributed by atoms with Gasteiger partial charge in [-0.2, -0.15) is 11.8 Å². The lowest BCUT2D eigenvalue weighted by atomic mass is 9.81. The number of rotatable bonds is 48. The van der Waals surface area contributed by atoms with Gasteiger partial charge in [-0.3, -0.25) is 72.1 Å². The highest BCUT2D eigenvalue weighted by Gasteiger charge is 2.48. The monoisotopic (exact) mass is 1790 g/mol. The highest BCUT2D eigenvalue weighted by atomic mass is 33.1. The van der Waals surface area contributed by atoms with Crippen molar-refractivity contribution in [3.63, 3.8) is 0 Å². The number of para-hydroxylation sites is 2. The number of amides is 9. The summed E-state index contributed by atoms with van der Waals surface area (Å²) in [7, 11) is 2.54. The number of ketones is 5. The molecule has 4 aliphatic heterocycles. The molecule has 4 aliphatic rings. The minimum atomic E-state index is -1.67. The number of nitrogens with one attached hydrogen (secondary N) is 8. The summed E-state index contributed by atoms with van der Waals surface area (Å²) >= 11 is 1.41. The van der Waals surface area contributed by atoms with Crippen LogP contribution in [0.4, 0.5) is 0 Å². The number of aliphatic imine (C=N–C) groups is 1. The third-order valence-electron chi connectivity index (χ3n) is 24.0. The van der Waals surface area contributed by atoms with E-state index in [0.29, 0.717) is 54.0 Å². The Hall–Kier alpha value is -10.0. The number of H-pyrrole nitrogens is 3. The van der Waals surface area contributed by atoms with Crippen molar-refractivity contribution in [1.82, 2.24) is 66.1 Å². The molecule has 682 valence electrons. The maximum atomic E-state index is 15.3. The number of carboxylic acid groups (broad SMARTS) is 1. The molecule has 2 aromatic carbocycles. The summed E-state index contributed by atoms with van der Waals surface area (Å²) < 4.78 is 0. The van der Waals surface area contributed by atoms with Gasteiger partial charge in [-0.05, 0) is 119 Å². The van der Waals surface area contributed by atoms with E-state index >= 15 is 24.0 Å². The van der Waals surface area contributed by atoms with Crippen molar-refractivity contribution < 1.29 is 87.2 Å². The van der Waals surface area contributed by atoms with Crippen molar-refractivity contribution >= 4 is 149 Å². The van der Waals surface area contributed by atoms with Crippen LogP contribution in [0.15, 0.2) is 78.4 Å². The summed E-state index contributed by atoms with van der Waals surface area (Å²) in [5.74, 6) is -15.1. The van der Waals surface area contributed by atoms with Gasteiger partial charge in [0.2, 0.25) is 53.2 Å². The van der Waals surface area contributed by atoms with Crippen molar-refractivity contribution in [3.8, 4) is 0 Å². The van der Waals surface area contributed by atoms with E-state index < -0.39 is 203 Å². The zero-order chi connectivity index (χ0) is 91.1. The molecule has 9 rings (SSSR count). The molecule has 2 unspecified atom stereocenters. The van der Waals surface area contributed by atoms with Gasteiger partial charge < -0.3 is 93.7 Å². The van der Waals surface area contributed by atoms with Crippen LogP contribution in [0.25, 0.3) is 21.8 Å². The van der Waals surface area contributed by atoms with Crippen LogP contribution in [0.1, 0.15) is 162 Å². The fraction of sp³-hybridized carbons (Fsp3) is 0.598. The van der Waals surface area contributed by atoms with Gasteiger partial charge in [0.15, 0.2) is 23.3 Å². The third kappa shape index (κ3) is 26.6. The maximum Gasteiger partial charge on any atom is 0.326 e. The standard InChI is InChI=1S/C87H123N17O18S3/c1-48(2)75(80(116)99-63(83(119)104-33-17-26-68(104)85(121)122)38-54-43-94-60-21-12-10-19-58(54)60)100-79(115)66-24-15-31-102(66)81(117)55(45-105)41-69(108)62(37-53-42-93-59-20-11-9-18-57(53)59)98-77(113)51(27-34-123-8)39-70(109)65-23-14-30-101(65)84(120)67-25-16-32-103(67)82(118)61(22-13-29-92-86(89)90)97-78(114)52(36-56-44-91-47-95-56)40-71(110)73(49(3)106)74(88)76(112)64(96-50(4)107)46-125-124-35-28-72(111)87(5,6)7/h9-12,18-21,42-44,47-49,51-52,55,61-68,73-75,93-94,105-106H,13-17,22-41,45-46,88H2,1-8H3,(H,91,95)(H,96,107)(H,97,114)(H,98,113)(H,99,116)(H,100,115)(H,121,122)(H4,89,90,92)/t49-,51-,52-,55+,61+,62+,63+,64+,65+,66+,67+,68+,73?,74?,75+/m1/s1. The number of hydrogen-bond donors (Lipinski definition) is 14. The summed E-state index contributed by atoms with van der Waals surface area (Å²) in [6.07, 6.45) is 7.39.